The van der Waals surface area contributed by atoms with E-state index in [9.17, 15) is 22.0 Å². The van der Waals surface area contributed by atoms with E-state index in [1.807, 2.05) is 0 Å². The molecule has 1 aromatic carbocycles. The molecule has 9 heteroatoms. The van der Waals surface area contributed by atoms with Crippen LogP contribution >= 0.6 is 15.9 Å². The summed E-state index contributed by atoms with van der Waals surface area (Å²) in [6, 6.07) is 0.0308. The van der Waals surface area contributed by atoms with Crippen molar-refractivity contribution < 1.29 is 27.1 Å². The van der Waals surface area contributed by atoms with Crippen molar-refractivity contribution >= 4 is 31.9 Å². The lowest BCUT2D eigenvalue weighted by Crippen LogP contribution is -2.40. The maximum Gasteiger partial charge on any atom is 0.322 e. The Balaban J connectivity index is 2.50. The van der Waals surface area contributed by atoms with E-state index >= 15 is 0 Å². The van der Waals surface area contributed by atoms with Gasteiger partial charge in [0.2, 0.25) is 10.0 Å². The van der Waals surface area contributed by atoms with Crippen LogP contribution < -0.4 is 0 Å². The minimum absolute atomic E-state index is 0.00621. The van der Waals surface area contributed by atoms with Crippen molar-refractivity contribution in [1.82, 2.24) is 4.31 Å². The van der Waals surface area contributed by atoms with E-state index in [4.69, 9.17) is 5.11 Å². The number of nitrogens with zero attached hydrogens (tertiary/aromatic N) is 1. The summed E-state index contributed by atoms with van der Waals surface area (Å²) in [5.41, 5.74) is 0. The van der Waals surface area contributed by atoms with Crippen molar-refractivity contribution in [1.29, 1.82) is 0 Å². The molecule has 1 N–H and O–H groups in total. The Morgan fingerprint density at radius 1 is 1.35 bits per heavy atom. The van der Waals surface area contributed by atoms with Gasteiger partial charge in [-0.1, -0.05) is 0 Å². The lowest BCUT2D eigenvalue weighted by atomic mass is 10.2. The first-order chi connectivity index (χ1) is 9.25. The standard InChI is InChI=1S/C11H10BrF2NO4S/c12-6-4-10(8(14)5-7(6)13)20(18,19)15-3-1-2-9(15)11(16)17/h4-5,9H,1-3H2,(H,16,17). The summed E-state index contributed by atoms with van der Waals surface area (Å²) in [5.74, 6) is -3.47. The number of carbonyl (C=O) groups is 1. The third-order valence-electron chi connectivity index (χ3n) is 3.05. The highest BCUT2D eigenvalue weighted by atomic mass is 79.9. The van der Waals surface area contributed by atoms with Gasteiger partial charge in [0.25, 0.3) is 0 Å². The molecule has 0 saturated carbocycles. The molecule has 5 nitrogen and oxygen atoms in total. The quantitative estimate of drug-likeness (QED) is 0.826. The number of halogens is 3. The van der Waals surface area contributed by atoms with Crippen molar-refractivity contribution in [3.05, 3.63) is 28.2 Å². The predicted molar refractivity (Wildman–Crippen MR) is 68.6 cm³/mol. The fraction of sp³-hybridized carbons (Fsp3) is 0.364. The Bertz CT molecular complexity index is 665. The normalized spacial score (nSPS) is 20.2. The summed E-state index contributed by atoms with van der Waals surface area (Å²) in [6.07, 6.45) is 0.540. The molecule has 0 amide bonds. The highest BCUT2D eigenvalue weighted by Crippen LogP contribution is 2.30. The van der Waals surface area contributed by atoms with Crippen molar-refractivity contribution in [2.45, 2.75) is 23.8 Å². The number of hydrogen-bond acceptors (Lipinski definition) is 3. The van der Waals surface area contributed by atoms with E-state index in [-0.39, 0.29) is 17.4 Å². The average Bonchev–Trinajstić information content (AvgIpc) is 2.83. The van der Waals surface area contributed by atoms with Gasteiger partial charge in [0.1, 0.15) is 22.6 Å². The fourth-order valence-corrected chi connectivity index (χ4v) is 4.32. The molecular weight excluding hydrogens is 360 g/mol. The summed E-state index contributed by atoms with van der Waals surface area (Å²) in [5, 5.41) is 8.99. The maximum absolute atomic E-state index is 13.7. The third kappa shape index (κ3) is 2.57. The van der Waals surface area contributed by atoms with E-state index in [0.29, 0.717) is 12.5 Å². The van der Waals surface area contributed by atoms with Gasteiger partial charge in [-0.2, -0.15) is 4.31 Å². The van der Waals surface area contributed by atoms with Gasteiger partial charge in [-0.15, -0.1) is 0 Å². The molecule has 1 unspecified atom stereocenters. The van der Waals surface area contributed by atoms with Gasteiger partial charge < -0.3 is 5.11 Å². The van der Waals surface area contributed by atoms with Gasteiger partial charge in [0, 0.05) is 12.6 Å². The third-order valence-corrected chi connectivity index (χ3v) is 5.58. The molecule has 0 bridgehead atoms. The lowest BCUT2D eigenvalue weighted by Gasteiger charge is -2.21. The minimum Gasteiger partial charge on any atom is -0.480 e. The molecule has 20 heavy (non-hydrogen) atoms. The van der Waals surface area contributed by atoms with Gasteiger partial charge in [0.15, 0.2) is 0 Å². The number of carboxylic acids is 1. The Labute approximate surface area is 122 Å². The van der Waals surface area contributed by atoms with E-state index in [1.54, 1.807) is 0 Å². The number of rotatable bonds is 3. The monoisotopic (exact) mass is 369 g/mol. The second kappa shape index (κ2) is 5.38. The Hall–Kier alpha value is -1.06. The summed E-state index contributed by atoms with van der Waals surface area (Å²) < 4.78 is 52.0. The number of sulfonamides is 1. The molecule has 0 aromatic heterocycles. The first-order valence-electron chi connectivity index (χ1n) is 5.64. The van der Waals surface area contributed by atoms with Crippen LogP contribution in [0.4, 0.5) is 8.78 Å². The number of aliphatic carboxylic acids is 1. The largest absolute Gasteiger partial charge is 0.480 e. The zero-order valence-corrected chi connectivity index (χ0v) is 12.4. The van der Waals surface area contributed by atoms with Crippen molar-refractivity contribution in [2.75, 3.05) is 6.54 Å². The molecule has 1 heterocycles. The highest BCUT2D eigenvalue weighted by molar-refractivity contribution is 9.10. The van der Waals surface area contributed by atoms with Gasteiger partial charge in [-0.25, -0.2) is 17.2 Å². The topological polar surface area (TPSA) is 74.7 Å². The van der Waals surface area contributed by atoms with Crippen LogP contribution in [0.5, 0.6) is 0 Å². The van der Waals surface area contributed by atoms with Gasteiger partial charge in [0.05, 0.1) is 4.47 Å². The smallest absolute Gasteiger partial charge is 0.322 e. The van der Waals surface area contributed by atoms with E-state index in [2.05, 4.69) is 15.9 Å². The first-order valence-corrected chi connectivity index (χ1v) is 7.87. The number of carboxylic acid groups (broad SMARTS) is 1. The molecule has 2 rings (SSSR count). The zero-order chi connectivity index (χ0) is 15.1. The van der Waals surface area contributed by atoms with Crippen LogP contribution in [0.3, 0.4) is 0 Å². The van der Waals surface area contributed by atoms with Crippen LogP contribution in [0.2, 0.25) is 0 Å². The predicted octanol–water partition coefficient (Wildman–Crippen LogP) is 1.97. The van der Waals surface area contributed by atoms with Crippen molar-refractivity contribution in [3.8, 4) is 0 Å². The second-order valence-electron chi connectivity index (χ2n) is 4.31. The Morgan fingerprint density at radius 3 is 2.60 bits per heavy atom. The Kier molecular flexibility index (Phi) is 4.12. The van der Waals surface area contributed by atoms with Crippen LogP contribution in [-0.4, -0.2) is 36.4 Å². The van der Waals surface area contributed by atoms with Crippen molar-refractivity contribution in [2.24, 2.45) is 0 Å². The van der Waals surface area contributed by atoms with Crippen LogP contribution in [-0.2, 0) is 14.8 Å². The van der Waals surface area contributed by atoms with Crippen LogP contribution in [0.1, 0.15) is 12.8 Å². The van der Waals surface area contributed by atoms with E-state index in [0.717, 1.165) is 10.4 Å². The molecule has 0 radical (unpaired) electrons. The lowest BCUT2D eigenvalue weighted by molar-refractivity contribution is -0.140. The van der Waals surface area contributed by atoms with Crippen molar-refractivity contribution in [3.63, 3.8) is 0 Å². The number of benzene rings is 1. The van der Waals surface area contributed by atoms with E-state index in [1.165, 1.54) is 0 Å². The summed E-state index contributed by atoms with van der Waals surface area (Å²) in [7, 11) is -4.32. The molecule has 1 atom stereocenters. The van der Waals surface area contributed by atoms with Gasteiger partial charge >= 0.3 is 5.97 Å². The molecule has 1 aliphatic heterocycles. The Morgan fingerprint density at radius 2 is 2.00 bits per heavy atom. The van der Waals surface area contributed by atoms with Gasteiger partial charge in [-0.3, -0.25) is 4.79 Å². The molecule has 1 aliphatic rings. The SMILES string of the molecule is O=C(O)C1CCCN1S(=O)(=O)c1cc(Br)c(F)cc1F. The molecule has 110 valence electrons. The zero-order valence-electron chi connectivity index (χ0n) is 10.0. The highest BCUT2D eigenvalue weighted by Gasteiger charge is 2.40. The van der Waals surface area contributed by atoms with Crippen LogP contribution in [0.15, 0.2) is 21.5 Å². The summed E-state index contributed by atoms with van der Waals surface area (Å²) in [4.78, 5) is 10.3. The number of hydrogen-bond donors (Lipinski definition) is 1. The maximum atomic E-state index is 13.7. The van der Waals surface area contributed by atoms with Crippen LogP contribution in [0, 0.1) is 11.6 Å². The van der Waals surface area contributed by atoms with Crippen LogP contribution in [0.25, 0.3) is 0 Å². The molecular formula is C11H10BrF2NO4S. The minimum atomic E-state index is -4.32. The molecule has 1 fully saturated rings. The van der Waals surface area contributed by atoms with Gasteiger partial charge in [-0.05, 0) is 34.8 Å². The second-order valence-corrected chi connectivity index (χ2v) is 7.02. The molecule has 1 saturated heterocycles. The summed E-state index contributed by atoms with van der Waals surface area (Å²) in [6.45, 7) is -0.00621. The molecule has 0 aliphatic carbocycles. The fourth-order valence-electron chi connectivity index (χ4n) is 2.10. The first kappa shape index (κ1) is 15.3. The van der Waals surface area contributed by atoms with E-state index < -0.39 is 38.6 Å². The molecule has 1 aromatic rings. The molecule has 0 spiro atoms. The summed E-state index contributed by atoms with van der Waals surface area (Å²) >= 11 is 2.78. The average molecular weight is 370 g/mol.